The molecule has 1 aromatic carbocycles. The van der Waals surface area contributed by atoms with Gasteiger partial charge in [0, 0.05) is 0 Å². The van der Waals surface area contributed by atoms with E-state index in [1.165, 1.54) is 238 Å². The summed E-state index contributed by atoms with van der Waals surface area (Å²) >= 11 is 0. The minimum absolute atomic E-state index is 0.0194. The smallest absolute Gasteiger partial charge is 0.486 e. The SMILES string of the molecule is CCCCCCCCCCCCCCCCCCOc1cc(C(OC(=O)CCC(=O)OCCC#N)[C@]2(O)C[C@H](n3cc(C#P=O)c(=O)[nH]c3=O)O[C@@H]2CO)cc(OCCCCCCCCCCCCCCCCCC)c1OCCCCCCCCCCCCCCCCCC. The molecule has 2 aromatic rings. The summed E-state index contributed by atoms with van der Waals surface area (Å²) in [6, 6.07) is 5.27. The Hall–Kier alpha value is -4.38. The second-order valence-electron chi connectivity index (χ2n) is 27.2. The van der Waals surface area contributed by atoms with Crippen molar-refractivity contribution in [1.82, 2.24) is 9.55 Å². The number of unbranched alkanes of at least 4 members (excludes halogenated alkanes) is 45. The van der Waals surface area contributed by atoms with Gasteiger partial charge in [-0.25, -0.2) is 0 Å². The van der Waals surface area contributed by atoms with Crippen LogP contribution in [0.3, 0.4) is 0 Å². The Balaban J connectivity index is 1.90. The summed E-state index contributed by atoms with van der Waals surface area (Å²) in [6.07, 6.45) is 54.8. The van der Waals surface area contributed by atoms with Gasteiger partial charge in [-0.15, -0.1) is 0 Å². The molecule has 3 N–H and O–H groups in total. The first-order valence-corrected chi connectivity index (χ1v) is 39.6. The fourth-order valence-corrected chi connectivity index (χ4v) is 13.2. The van der Waals surface area contributed by atoms with Gasteiger partial charge in [0.25, 0.3) is 0 Å². The zero-order valence-electron chi connectivity index (χ0n) is 60.0. The molecule has 0 saturated carbocycles. The second-order valence-corrected chi connectivity index (χ2v) is 27.6. The number of hydrogen-bond acceptors (Lipinski definition) is 14. The quantitative estimate of drug-likeness (QED) is 0.0318. The van der Waals surface area contributed by atoms with Gasteiger partial charge < -0.3 is 9.47 Å². The molecule has 0 bridgehead atoms. The number of benzene rings is 1. The third-order valence-electron chi connectivity index (χ3n) is 18.8. The van der Waals surface area contributed by atoms with E-state index in [0.717, 1.165) is 81.4 Å². The molecule has 542 valence electrons. The number of carbonyl (C=O) groups is 2. The number of esters is 2. The number of H-pyrrole nitrogens is 1. The normalized spacial score (nSPS) is 15.5. The van der Waals surface area contributed by atoms with E-state index < -0.39 is 74.6 Å². The number of carbonyl (C=O) groups excluding carboxylic acids is 2. The van der Waals surface area contributed by atoms with Crippen molar-refractivity contribution in [3.63, 3.8) is 0 Å². The maximum atomic E-state index is 14.1. The summed E-state index contributed by atoms with van der Waals surface area (Å²) in [5.41, 5.74) is -1.64. The van der Waals surface area contributed by atoms with Gasteiger partial charge in [-0.2, -0.15) is 5.26 Å². The minimum Gasteiger partial charge on any atom is -0.486 e. The van der Waals surface area contributed by atoms with Crippen molar-refractivity contribution in [3.05, 3.63) is 50.3 Å². The van der Waals surface area contributed by atoms with Crippen LogP contribution in [-0.2, 0) is 28.4 Å². The first kappa shape index (κ1) is 84.8. The van der Waals surface area contributed by atoms with Crippen LogP contribution in [0.1, 0.15) is 378 Å². The third-order valence-corrected chi connectivity index (χ3v) is 19.1. The minimum atomic E-state index is -2.27. The summed E-state index contributed by atoms with van der Waals surface area (Å²) < 4.78 is 50.4. The molecule has 1 saturated heterocycles. The van der Waals surface area contributed by atoms with Gasteiger partial charge in [0.15, 0.2) is 0 Å². The number of ether oxygens (including phenoxy) is 6. The molecule has 1 aliphatic heterocycles. The predicted molar refractivity (Wildman–Crippen MR) is 383 cm³/mol. The van der Waals surface area contributed by atoms with E-state index in [1.807, 2.05) is 6.07 Å². The van der Waals surface area contributed by atoms with Crippen molar-refractivity contribution in [3.8, 4) is 28.9 Å². The maximum absolute atomic E-state index is 14.1. The first-order chi connectivity index (χ1) is 46.6. The van der Waals surface area contributed by atoms with Crippen molar-refractivity contribution >= 4 is 19.9 Å². The standard InChI is InChI=1S/C78H132N3O13P/c1-4-7-10-13-16-19-22-25-28-31-34-37-40-43-46-49-56-89-68-60-66(75(94-73(84)54-53-72(83)91-59-52-55-79)78(87)62-71(93-70(78)64-82)81-63-67(65-95-88)76(85)80-77(81)86)61-69(90-57-50-47-44-41-38-35-32-29-26-23-20-17-14-11-8-5-2)74(68)92-58-51-48-45-42-39-36-33-30-27-24-21-18-15-12-9-6-3/h60-61,63,70-71,75,82,87H,4-54,56-59,62,64H2,1-3H3,(H,80,85,86)/t70-,71-,75?,78+/m1/s1. The average Bonchev–Trinajstić information content (AvgIpc) is 1.65. The fraction of sp³-hybridized carbons (Fsp3) is 0.821. The molecule has 0 aliphatic carbocycles. The molecule has 1 unspecified atom stereocenters. The van der Waals surface area contributed by atoms with E-state index in [1.54, 1.807) is 12.1 Å². The summed E-state index contributed by atoms with van der Waals surface area (Å²) in [6.45, 7) is 6.95. The number of aromatic amines is 1. The van der Waals surface area contributed by atoms with Crippen molar-refractivity contribution in [2.75, 3.05) is 33.0 Å². The Morgan fingerprint density at radius 2 is 0.926 bits per heavy atom. The number of nitrogens with zero attached hydrogens (tertiary/aromatic N) is 2. The van der Waals surface area contributed by atoms with Gasteiger partial charge in [0.2, 0.25) is 0 Å². The Morgan fingerprint density at radius 3 is 1.28 bits per heavy atom. The molecule has 1 fully saturated rings. The number of aliphatic hydroxyl groups is 2. The number of rotatable bonds is 64. The van der Waals surface area contributed by atoms with Gasteiger partial charge in [0.05, 0.1) is 32.3 Å². The number of aliphatic hydroxyl groups excluding tert-OH is 1. The Morgan fingerprint density at radius 1 is 0.568 bits per heavy atom. The second kappa shape index (κ2) is 57.5. The predicted octanol–water partition coefficient (Wildman–Crippen LogP) is 20.6. The molecule has 1 aliphatic rings. The first-order valence-electron chi connectivity index (χ1n) is 38.8. The van der Waals surface area contributed by atoms with E-state index in [2.05, 4.69) is 31.4 Å². The van der Waals surface area contributed by atoms with Crippen LogP contribution in [0, 0.1) is 17.0 Å². The zero-order chi connectivity index (χ0) is 68.5. The van der Waals surface area contributed by atoms with Gasteiger partial charge in [0.1, 0.15) is 6.61 Å². The van der Waals surface area contributed by atoms with E-state index in [9.17, 15) is 34.0 Å². The van der Waals surface area contributed by atoms with Crippen LogP contribution in [0.5, 0.6) is 17.2 Å². The molecule has 0 spiro atoms. The molecule has 2 heterocycles. The molecule has 16 nitrogen and oxygen atoms in total. The summed E-state index contributed by atoms with van der Waals surface area (Å²) in [7, 11) is -0.612. The molecule has 95 heavy (non-hydrogen) atoms. The van der Waals surface area contributed by atoms with E-state index in [4.69, 9.17) is 33.7 Å². The van der Waals surface area contributed by atoms with Crippen molar-refractivity contribution in [2.24, 2.45) is 0 Å². The molecule has 17 heteroatoms. The van der Waals surface area contributed by atoms with Crippen molar-refractivity contribution in [2.45, 2.75) is 379 Å². The van der Waals surface area contributed by atoms with Gasteiger partial charge >= 0.3 is 191 Å². The summed E-state index contributed by atoms with van der Waals surface area (Å²) in [5, 5.41) is 33.1. The molecule has 0 radical (unpaired) electrons. The van der Waals surface area contributed by atoms with Crippen LogP contribution in [0.4, 0.5) is 0 Å². The Kier molecular flexibility index (Phi) is 51.4. The van der Waals surface area contributed by atoms with Gasteiger partial charge in [-0.05, 0) is 19.3 Å². The van der Waals surface area contributed by atoms with Crippen LogP contribution in [0.15, 0.2) is 27.9 Å². The van der Waals surface area contributed by atoms with Gasteiger partial charge in [-0.3, -0.25) is 4.79 Å². The van der Waals surface area contributed by atoms with Crippen LogP contribution < -0.4 is 25.5 Å². The van der Waals surface area contributed by atoms with E-state index in [0.29, 0.717) is 37.1 Å². The fourth-order valence-electron chi connectivity index (χ4n) is 13.0. The van der Waals surface area contributed by atoms with Crippen LogP contribution in [0.25, 0.3) is 0 Å². The van der Waals surface area contributed by atoms with E-state index in [-0.39, 0.29) is 30.6 Å². The topological polar surface area (TPSA) is 226 Å². The Labute approximate surface area is 575 Å². The molecular weight excluding hydrogens is 1220 g/mol. The summed E-state index contributed by atoms with van der Waals surface area (Å²) in [5.74, 6) is -0.555. The van der Waals surface area contributed by atoms with Crippen LogP contribution >= 0.6 is 7.92 Å². The summed E-state index contributed by atoms with van der Waals surface area (Å²) in [4.78, 5) is 55.1. The van der Waals surface area contributed by atoms with E-state index >= 15 is 0 Å². The van der Waals surface area contributed by atoms with Gasteiger partial charge in [-0.1, -0.05) is 310 Å². The average molecular weight is 1350 g/mol. The number of aromatic nitrogens is 2. The monoisotopic (exact) mass is 1350 g/mol. The van der Waals surface area contributed by atoms with Crippen molar-refractivity contribution < 1.29 is 52.8 Å². The van der Waals surface area contributed by atoms with Crippen molar-refractivity contribution in [1.29, 1.82) is 5.26 Å². The molecular formula is C78H132N3O13P. The number of nitrogens with one attached hydrogen (secondary N) is 1. The molecule has 4 atom stereocenters. The number of nitriles is 1. The third kappa shape index (κ3) is 39.1. The molecule has 0 amide bonds. The zero-order valence-corrected chi connectivity index (χ0v) is 60.9. The van der Waals surface area contributed by atoms with Crippen LogP contribution in [-0.4, -0.2) is 76.4 Å². The number of hydrogen-bond donors (Lipinski definition) is 3. The molecule has 1 aromatic heterocycles. The van der Waals surface area contributed by atoms with Crippen LogP contribution in [0.2, 0.25) is 0 Å². The Bertz CT molecular complexity index is 2490. The molecule has 3 rings (SSSR count).